The largest absolute Gasteiger partial charge is 0.493 e. The van der Waals surface area contributed by atoms with Gasteiger partial charge >= 0.3 is 0 Å². The van der Waals surface area contributed by atoms with E-state index in [1.165, 1.54) is 6.20 Å². The van der Waals surface area contributed by atoms with Crippen LogP contribution in [-0.4, -0.2) is 20.6 Å². The quantitative estimate of drug-likeness (QED) is 0.704. The summed E-state index contributed by atoms with van der Waals surface area (Å²) in [5.41, 5.74) is 1.56. The average molecular weight is 322 g/mol. The molecule has 0 saturated carbocycles. The van der Waals surface area contributed by atoms with Crippen molar-refractivity contribution in [1.82, 2.24) is 9.55 Å². The summed E-state index contributed by atoms with van der Waals surface area (Å²) in [5, 5.41) is 19.0. The van der Waals surface area contributed by atoms with Crippen LogP contribution in [0.3, 0.4) is 0 Å². The second kappa shape index (κ2) is 7.04. The highest BCUT2D eigenvalue weighted by Crippen LogP contribution is 2.39. The van der Waals surface area contributed by atoms with E-state index in [-0.39, 0.29) is 5.88 Å². The van der Waals surface area contributed by atoms with Crippen molar-refractivity contribution < 1.29 is 9.90 Å². The zero-order chi connectivity index (χ0) is 16.9. The van der Waals surface area contributed by atoms with Gasteiger partial charge in [0.1, 0.15) is 0 Å². The number of aryl methyl sites for hydroxylation is 1. The molecule has 2 heterocycles. The molecule has 122 valence electrons. The van der Waals surface area contributed by atoms with Crippen LogP contribution in [0, 0.1) is 0 Å². The van der Waals surface area contributed by atoms with Crippen LogP contribution in [0.15, 0.2) is 59.0 Å². The third kappa shape index (κ3) is 3.03. The third-order valence-electron chi connectivity index (χ3n) is 3.80. The van der Waals surface area contributed by atoms with Crippen LogP contribution < -0.4 is 0 Å². The highest BCUT2D eigenvalue weighted by Gasteiger charge is 2.16. The van der Waals surface area contributed by atoms with E-state index >= 15 is 0 Å². The number of azo groups is 1. The van der Waals surface area contributed by atoms with Gasteiger partial charge in [0.15, 0.2) is 5.69 Å². The number of hydrogen-bond acceptors (Lipinski definition) is 4. The maximum Gasteiger partial charge on any atom is 0.296 e. The molecule has 6 heteroatoms. The van der Waals surface area contributed by atoms with Crippen LogP contribution in [0.1, 0.15) is 30.1 Å². The average Bonchev–Trinajstić information content (AvgIpc) is 2.90. The molecule has 24 heavy (non-hydrogen) atoms. The Morgan fingerprint density at radius 2 is 2.08 bits per heavy atom. The Balaban J connectivity index is 1.99. The molecule has 0 saturated heterocycles. The number of benzene rings is 1. The smallest absolute Gasteiger partial charge is 0.296 e. The molecule has 0 atom stereocenters. The molecular weight excluding hydrogens is 304 g/mol. The van der Waals surface area contributed by atoms with E-state index in [4.69, 9.17) is 0 Å². The van der Waals surface area contributed by atoms with Crippen LogP contribution in [0.4, 0.5) is 5.69 Å². The molecule has 3 aromatic rings. The molecule has 0 radical (unpaired) electrons. The lowest BCUT2D eigenvalue weighted by molar-refractivity contribution is 0.0994. The Bertz CT molecular complexity index is 885. The van der Waals surface area contributed by atoms with Crippen LogP contribution >= 0.6 is 0 Å². The normalized spacial score (nSPS) is 11.4. The number of aromatic nitrogens is 2. The standard InChI is InChI=1S/C18H18N4O2/c1-2-3-11-22-15-9-5-4-8-14(15)16(18(22)24)20-21-17(23)13-7-6-10-19-12-13/h4-10,12,24H,2-3,11H2,1H3. The van der Waals surface area contributed by atoms with Gasteiger partial charge in [0.25, 0.3) is 5.91 Å². The Kier molecular flexibility index (Phi) is 4.65. The van der Waals surface area contributed by atoms with Crippen LogP contribution in [0.25, 0.3) is 10.9 Å². The molecule has 1 N–H and O–H groups in total. The first-order chi connectivity index (χ1) is 11.7. The Morgan fingerprint density at radius 1 is 1.25 bits per heavy atom. The molecular formula is C18H18N4O2. The summed E-state index contributed by atoms with van der Waals surface area (Å²) < 4.78 is 1.81. The first-order valence-corrected chi connectivity index (χ1v) is 7.88. The van der Waals surface area contributed by atoms with Gasteiger partial charge in [0, 0.05) is 24.3 Å². The lowest BCUT2D eigenvalue weighted by atomic mass is 10.2. The van der Waals surface area contributed by atoms with E-state index in [1.807, 2.05) is 28.8 Å². The minimum atomic E-state index is -0.493. The van der Waals surface area contributed by atoms with Crippen LogP contribution in [0.2, 0.25) is 0 Å². The maximum absolute atomic E-state index is 12.1. The molecule has 2 aromatic heterocycles. The summed E-state index contributed by atoms with van der Waals surface area (Å²) in [6.07, 6.45) is 4.98. The highest BCUT2D eigenvalue weighted by molar-refractivity contribution is 5.97. The number of unbranched alkanes of at least 4 members (excludes halogenated alkanes) is 1. The summed E-state index contributed by atoms with van der Waals surface area (Å²) in [6.45, 7) is 2.78. The molecule has 0 aliphatic heterocycles. The minimum absolute atomic E-state index is 0.0346. The number of nitrogens with zero attached hydrogens (tertiary/aromatic N) is 4. The number of fused-ring (bicyclic) bond motifs is 1. The van der Waals surface area contributed by atoms with Crippen LogP contribution in [0.5, 0.6) is 5.88 Å². The fourth-order valence-corrected chi connectivity index (χ4v) is 2.56. The van der Waals surface area contributed by atoms with E-state index in [2.05, 4.69) is 22.1 Å². The molecule has 0 unspecified atom stereocenters. The SMILES string of the molecule is CCCCn1c(O)c(N=NC(=O)c2cccnc2)c2ccccc21. The summed E-state index contributed by atoms with van der Waals surface area (Å²) >= 11 is 0. The van der Waals surface area contributed by atoms with Crippen molar-refractivity contribution in [2.24, 2.45) is 10.2 Å². The van der Waals surface area contributed by atoms with Crippen molar-refractivity contribution in [2.75, 3.05) is 0 Å². The summed E-state index contributed by atoms with van der Waals surface area (Å²) in [5.74, 6) is -0.458. The molecule has 0 spiro atoms. The van der Waals surface area contributed by atoms with Gasteiger partial charge < -0.3 is 9.67 Å². The molecule has 0 bridgehead atoms. The fourth-order valence-electron chi connectivity index (χ4n) is 2.56. The van der Waals surface area contributed by atoms with E-state index in [0.29, 0.717) is 17.8 Å². The number of pyridine rings is 1. The zero-order valence-corrected chi connectivity index (χ0v) is 13.4. The van der Waals surface area contributed by atoms with Crippen molar-refractivity contribution in [2.45, 2.75) is 26.3 Å². The lowest BCUT2D eigenvalue weighted by Gasteiger charge is -2.05. The zero-order valence-electron chi connectivity index (χ0n) is 13.4. The van der Waals surface area contributed by atoms with Gasteiger partial charge in [-0.25, -0.2) is 0 Å². The number of aromatic hydroxyl groups is 1. The first kappa shape index (κ1) is 15.9. The number of rotatable bonds is 5. The summed E-state index contributed by atoms with van der Waals surface area (Å²) in [7, 11) is 0. The number of amides is 1. The molecule has 0 fully saturated rings. The monoisotopic (exact) mass is 322 g/mol. The van der Waals surface area contributed by atoms with E-state index in [9.17, 15) is 9.90 Å². The molecule has 1 aromatic carbocycles. The number of carbonyl (C=O) groups excluding carboxylic acids is 1. The van der Waals surface area contributed by atoms with E-state index in [0.717, 1.165) is 23.7 Å². The van der Waals surface area contributed by atoms with Crippen molar-refractivity contribution >= 4 is 22.5 Å². The van der Waals surface area contributed by atoms with E-state index < -0.39 is 5.91 Å². The Morgan fingerprint density at radius 3 is 2.83 bits per heavy atom. The van der Waals surface area contributed by atoms with Crippen molar-refractivity contribution in [3.05, 3.63) is 54.4 Å². The summed E-state index contributed by atoms with van der Waals surface area (Å²) in [4.78, 5) is 15.9. The maximum atomic E-state index is 12.1. The van der Waals surface area contributed by atoms with Gasteiger partial charge in [-0.2, -0.15) is 0 Å². The number of para-hydroxylation sites is 1. The van der Waals surface area contributed by atoms with Gasteiger partial charge in [-0.05, 0) is 24.6 Å². The molecule has 6 nitrogen and oxygen atoms in total. The summed E-state index contributed by atoms with van der Waals surface area (Å²) in [6, 6.07) is 10.8. The third-order valence-corrected chi connectivity index (χ3v) is 3.80. The van der Waals surface area contributed by atoms with Gasteiger partial charge in [0.2, 0.25) is 5.88 Å². The molecule has 0 aliphatic rings. The fraction of sp³-hybridized carbons (Fsp3) is 0.222. The van der Waals surface area contributed by atoms with Gasteiger partial charge in [0.05, 0.1) is 11.1 Å². The molecule has 1 amide bonds. The molecule has 0 aliphatic carbocycles. The predicted octanol–water partition coefficient (Wildman–Crippen LogP) is 4.47. The first-order valence-electron chi connectivity index (χ1n) is 7.88. The van der Waals surface area contributed by atoms with Gasteiger partial charge in [-0.15, -0.1) is 10.2 Å². The van der Waals surface area contributed by atoms with Gasteiger partial charge in [-0.1, -0.05) is 31.5 Å². The topological polar surface area (TPSA) is 79.8 Å². The Hall–Kier alpha value is -3.02. The number of hydrogen-bond donors (Lipinski definition) is 1. The number of carbonyl (C=O) groups is 1. The van der Waals surface area contributed by atoms with Crippen molar-refractivity contribution in [1.29, 1.82) is 0 Å². The van der Waals surface area contributed by atoms with Crippen LogP contribution in [-0.2, 0) is 6.54 Å². The highest BCUT2D eigenvalue weighted by atomic mass is 16.3. The van der Waals surface area contributed by atoms with E-state index in [1.54, 1.807) is 18.3 Å². The lowest BCUT2D eigenvalue weighted by Crippen LogP contribution is -1.96. The van der Waals surface area contributed by atoms with Crippen molar-refractivity contribution in [3.8, 4) is 5.88 Å². The minimum Gasteiger partial charge on any atom is -0.493 e. The second-order valence-corrected chi connectivity index (χ2v) is 5.44. The Labute approximate surface area is 139 Å². The molecule has 3 rings (SSSR count). The predicted molar refractivity (Wildman–Crippen MR) is 91.6 cm³/mol. The van der Waals surface area contributed by atoms with Crippen molar-refractivity contribution in [3.63, 3.8) is 0 Å². The van der Waals surface area contributed by atoms with Gasteiger partial charge in [-0.3, -0.25) is 9.78 Å². The second-order valence-electron chi connectivity index (χ2n) is 5.44.